The number of rotatable bonds is 14. The van der Waals surface area contributed by atoms with E-state index in [1.165, 1.54) is 0 Å². The summed E-state index contributed by atoms with van der Waals surface area (Å²) in [4.78, 5) is 9.13. The molecule has 10 aromatic rings. The first kappa shape index (κ1) is 65.3. The van der Waals surface area contributed by atoms with Gasteiger partial charge in [-0.1, -0.05) is 162 Å². The second-order valence-electron chi connectivity index (χ2n) is 26.3. The fraction of sp³-hybridized carbons (Fsp3) is 0.231. The quantitative estimate of drug-likeness (QED) is 0.0984. The van der Waals surface area contributed by atoms with Crippen LogP contribution in [0.25, 0.3) is 0 Å². The highest BCUT2D eigenvalue weighted by Gasteiger charge is 2.64. The van der Waals surface area contributed by atoms with Gasteiger partial charge in [-0.05, 0) is 222 Å². The zero-order valence-electron chi connectivity index (χ0n) is 54.9. The molecule has 0 unspecified atom stereocenters. The lowest BCUT2D eigenvalue weighted by atomic mass is 9.49. The zero-order chi connectivity index (χ0) is 64.9. The van der Waals surface area contributed by atoms with E-state index in [1.807, 2.05) is 104 Å². The Labute approximate surface area is 555 Å². The van der Waals surface area contributed by atoms with Gasteiger partial charge in [-0.3, -0.25) is 0 Å². The van der Waals surface area contributed by atoms with Crippen LogP contribution in [0.4, 0.5) is 68.2 Å². The maximum atomic E-state index is 6.58. The molecule has 3 heterocycles. The second-order valence-corrected chi connectivity index (χ2v) is 27.2. The van der Waals surface area contributed by atoms with Crippen molar-refractivity contribution in [2.45, 2.75) is 117 Å². The minimum atomic E-state index is -0.513. The van der Waals surface area contributed by atoms with Gasteiger partial charge < -0.3 is 47.5 Å². The van der Waals surface area contributed by atoms with Gasteiger partial charge in [0, 0.05) is 72.7 Å². The number of halogens is 1. The van der Waals surface area contributed by atoms with Crippen LogP contribution < -0.4 is 25.1 Å². The molecule has 13 rings (SSSR count). The molecule has 10 aromatic carbocycles. The molecular formula is C78H82B3BrN4O6. The summed E-state index contributed by atoms with van der Waals surface area (Å²) >= 11 is 3.79. The highest BCUT2D eigenvalue weighted by atomic mass is 79.9. The second kappa shape index (κ2) is 27.2. The number of para-hydroxylation sites is 8. The minimum Gasteiger partial charge on any atom is -0.405 e. The van der Waals surface area contributed by atoms with Crippen molar-refractivity contribution in [1.29, 1.82) is 0 Å². The van der Waals surface area contributed by atoms with Crippen LogP contribution in [0.3, 0.4) is 0 Å². The standard InChI is InChI=1S/C36H35BN2O2.C30H23BrN2.C12H24B2O4/c1-35(2)36(3,4)41-37(40-35)28-25-33(38(29-17-9-5-10-18-29)30-19-11-6-12-20-30)27-34(26-28)39(31-21-13-7-14-22-31)32-23-15-8-16-24-32;31-24-21-29(32(25-13-5-1-6-14-25)26-15-7-2-8-16-26)23-30(22-24)33(27-17-9-3-10-18-27)28-19-11-4-12-20-28;1-9(2)10(3,4)16-13(15-9)14-17-11(5,6)12(7,8)18-14/h5-27H,1-4H3;1-23H;1-8H3. The van der Waals surface area contributed by atoms with Crippen molar-refractivity contribution in [3.8, 4) is 0 Å². The monoisotopic (exact) mass is 1280 g/mol. The predicted molar refractivity (Wildman–Crippen MR) is 387 cm³/mol. The summed E-state index contributed by atoms with van der Waals surface area (Å²) in [5, 5.41) is 0. The molecule has 0 spiro atoms. The third-order valence-electron chi connectivity index (χ3n) is 18.2. The molecule has 0 amide bonds. The van der Waals surface area contributed by atoms with E-state index in [0.29, 0.717) is 0 Å². The van der Waals surface area contributed by atoms with Crippen molar-refractivity contribution in [3.05, 3.63) is 284 Å². The molecule has 466 valence electrons. The molecular weight excluding hydrogens is 1200 g/mol. The van der Waals surface area contributed by atoms with Crippen LogP contribution >= 0.6 is 15.9 Å². The van der Waals surface area contributed by atoms with Crippen molar-refractivity contribution >= 4 is 111 Å². The molecule has 3 fully saturated rings. The Morgan fingerprint density at radius 2 is 0.402 bits per heavy atom. The SMILES string of the molecule is Brc1cc(N(c2ccccc2)c2ccccc2)cc(N(c2ccccc2)c2ccccc2)c1.CC1(C)OB(B2OC(C)(C)C(C)(C)O2)OC1(C)C.CC1(C)OB(c2cc(N(c3ccccc3)c3ccccc3)cc(N(c3ccccc3)c3ccccc3)c2)OC1(C)C. The molecule has 0 saturated carbocycles. The molecule has 0 aromatic heterocycles. The van der Waals surface area contributed by atoms with Gasteiger partial charge >= 0.3 is 21.1 Å². The lowest BCUT2D eigenvalue weighted by Gasteiger charge is -2.32. The third-order valence-corrected chi connectivity index (χ3v) is 18.7. The van der Waals surface area contributed by atoms with E-state index in [0.717, 1.165) is 78.2 Å². The average Bonchev–Trinajstić information content (AvgIpc) is 1.53. The van der Waals surface area contributed by atoms with Crippen LogP contribution in [0.1, 0.15) is 83.1 Å². The molecule has 10 nitrogen and oxygen atoms in total. The van der Waals surface area contributed by atoms with Crippen molar-refractivity contribution in [2.75, 3.05) is 19.6 Å². The van der Waals surface area contributed by atoms with Crippen molar-refractivity contribution in [2.24, 2.45) is 0 Å². The van der Waals surface area contributed by atoms with Crippen LogP contribution in [0.5, 0.6) is 0 Å². The number of anilines is 12. The summed E-state index contributed by atoms with van der Waals surface area (Å²) in [5.74, 6) is 0. The normalized spacial score (nSPS) is 16.9. The largest absolute Gasteiger partial charge is 0.494 e. The Kier molecular flexibility index (Phi) is 19.3. The van der Waals surface area contributed by atoms with E-state index >= 15 is 0 Å². The fourth-order valence-corrected chi connectivity index (χ4v) is 11.7. The first-order valence-corrected chi connectivity index (χ1v) is 32.4. The van der Waals surface area contributed by atoms with E-state index < -0.39 is 32.3 Å². The summed E-state index contributed by atoms with van der Waals surface area (Å²) < 4.78 is 38.0. The van der Waals surface area contributed by atoms with Crippen molar-refractivity contribution in [3.63, 3.8) is 0 Å². The highest BCUT2D eigenvalue weighted by molar-refractivity contribution is 9.10. The summed E-state index contributed by atoms with van der Waals surface area (Å²) in [7, 11) is -1.47. The summed E-state index contributed by atoms with van der Waals surface area (Å²) in [5.41, 5.74) is 11.5. The Morgan fingerprint density at radius 3 is 0.598 bits per heavy atom. The Balaban J connectivity index is 0.000000152. The van der Waals surface area contributed by atoms with Crippen LogP contribution in [0.2, 0.25) is 0 Å². The Morgan fingerprint density at radius 1 is 0.228 bits per heavy atom. The van der Waals surface area contributed by atoms with Crippen LogP contribution in [0, 0.1) is 0 Å². The number of nitrogens with zero attached hydrogens (tertiary/aromatic N) is 4. The maximum absolute atomic E-state index is 6.58. The smallest absolute Gasteiger partial charge is 0.405 e. The Bertz CT molecular complexity index is 3570. The first-order chi connectivity index (χ1) is 44.0. The van der Waals surface area contributed by atoms with Gasteiger partial charge in [0.2, 0.25) is 0 Å². The van der Waals surface area contributed by atoms with Crippen molar-refractivity contribution < 1.29 is 27.9 Å². The first-order valence-electron chi connectivity index (χ1n) is 31.6. The van der Waals surface area contributed by atoms with Crippen molar-refractivity contribution in [1.82, 2.24) is 0 Å². The predicted octanol–water partition coefficient (Wildman–Crippen LogP) is 20.6. The molecule has 0 N–H and O–H groups in total. The number of hydrogen-bond acceptors (Lipinski definition) is 10. The molecule has 92 heavy (non-hydrogen) atoms. The van der Waals surface area contributed by atoms with E-state index in [-0.39, 0.29) is 22.4 Å². The van der Waals surface area contributed by atoms with Gasteiger partial charge in [0.25, 0.3) is 0 Å². The van der Waals surface area contributed by atoms with Gasteiger partial charge in [-0.25, -0.2) is 0 Å². The molecule has 14 heteroatoms. The highest BCUT2D eigenvalue weighted by Crippen LogP contribution is 2.46. The molecule has 0 bridgehead atoms. The van der Waals surface area contributed by atoms with Gasteiger partial charge in [-0.15, -0.1) is 0 Å². The van der Waals surface area contributed by atoms with Gasteiger partial charge in [0.15, 0.2) is 0 Å². The molecule has 3 aliphatic rings. The summed E-state index contributed by atoms with van der Waals surface area (Å²) in [6, 6.07) is 97.0. The molecule has 3 aliphatic heterocycles. The van der Waals surface area contributed by atoms with E-state index in [9.17, 15) is 0 Å². The Hall–Kier alpha value is -8.17. The maximum Gasteiger partial charge on any atom is 0.494 e. The third kappa shape index (κ3) is 14.4. The van der Waals surface area contributed by atoms with E-state index in [4.69, 9.17) is 27.9 Å². The fourth-order valence-electron chi connectivity index (χ4n) is 11.2. The summed E-state index contributed by atoms with van der Waals surface area (Å²) in [6.45, 7) is 24.6. The van der Waals surface area contributed by atoms with Gasteiger partial charge in [-0.2, -0.15) is 0 Å². The minimum absolute atomic E-state index is 0.360. The van der Waals surface area contributed by atoms with E-state index in [1.54, 1.807) is 0 Å². The number of hydrogen-bond donors (Lipinski definition) is 0. The van der Waals surface area contributed by atoms with Crippen LogP contribution in [-0.4, -0.2) is 54.7 Å². The molecule has 0 aliphatic carbocycles. The van der Waals surface area contributed by atoms with Crippen LogP contribution in [-0.2, 0) is 27.9 Å². The topological polar surface area (TPSA) is 68.3 Å². The van der Waals surface area contributed by atoms with Gasteiger partial charge in [0.05, 0.1) is 33.6 Å². The molecule has 3 saturated heterocycles. The lowest BCUT2D eigenvalue weighted by Crippen LogP contribution is -2.41. The summed E-state index contributed by atoms with van der Waals surface area (Å²) in [6.07, 6.45) is 0. The lowest BCUT2D eigenvalue weighted by molar-refractivity contribution is 0.00578. The molecule has 0 radical (unpaired) electrons. The van der Waals surface area contributed by atoms with Gasteiger partial charge in [0.1, 0.15) is 0 Å². The van der Waals surface area contributed by atoms with E-state index in [2.05, 4.69) is 294 Å². The molecule has 0 atom stereocenters. The average molecular weight is 1280 g/mol. The zero-order valence-corrected chi connectivity index (χ0v) is 56.5. The van der Waals surface area contributed by atoms with Crippen LogP contribution in [0.15, 0.2) is 284 Å². The number of benzene rings is 10.